The highest BCUT2D eigenvalue weighted by atomic mass is 32.2. The van der Waals surface area contributed by atoms with Gasteiger partial charge < -0.3 is 11.2 Å². The minimum Gasteiger partial charge on any atom is -0.352 e. The van der Waals surface area contributed by atoms with Crippen molar-refractivity contribution in [3.8, 4) is 5.95 Å². The third kappa shape index (κ3) is 2.94. The lowest BCUT2D eigenvalue weighted by Gasteiger charge is -2.10. The van der Waals surface area contributed by atoms with Crippen LogP contribution in [0.1, 0.15) is 31.2 Å². The Morgan fingerprint density at radius 3 is 2.77 bits per heavy atom. The fourth-order valence-corrected chi connectivity index (χ4v) is 2.86. The number of amides is 1. The standard InChI is InChI=1S/C13H19N7OS/c1-7-6-8(2)20(18-7)12-16-17-13(19(12)14)22-9(3)11(21)15-10-4-5-10/h6,9-10H,4-5,14H2,1-3H3,(H,15,21)/t9-/m0/s1. The van der Waals surface area contributed by atoms with Crippen molar-refractivity contribution in [2.45, 2.75) is 50.1 Å². The van der Waals surface area contributed by atoms with E-state index in [2.05, 4.69) is 20.6 Å². The van der Waals surface area contributed by atoms with Crippen molar-refractivity contribution in [2.75, 3.05) is 5.84 Å². The first-order chi connectivity index (χ1) is 10.5. The predicted octanol–water partition coefficient (Wildman–Crippen LogP) is 0.554. The molecule has 0 saturated heterocycles. The summed E-state index contributed by atoms with van der Waals surface area (Å²) in [4.78, 5) is 12.0. The van der Waals surface area contributed by atoms with Gasteiger partial charge in [0.25, 0.3) is 5.95 Å². The van der Waals surface area contributed by atoms with E-state index in [0.29, 0.717) is 17.1 Å². The highest BCUT2D eigenvalue weighted by molar-refractivity contribution is 8.00. The monoisotopic (exact) mass is 321 g/mol. The SMILES string of the molecule is Cc1cc(C)n(-c2nnc(S[C@@H](C)C(=O)NC3CC3)n2N)n1. The van der Waals surface area contributed by atoms with Crippen LogP contribution in [0.15, 0.2) is 11.2 Å². The summed E-state index contributed by atoms with van der Waals surface area (Å²) in [5.74, 6) is 6.49. The zero-order valence-corrected chi connectivity index (χ0v) is 13.6. The summed E-state index contributed by atoms with van der Waals surface area (Å²) in [6, 6.07) is 2.28. The molecule has 22 heavy (non-hydrogen) atoms. The number of aryl methyl sites for hydroxylation is 2. The average Bonchev–Trinajstić information content (AvgIpc) is 3.12. The Morgan fingerprint density at radius 2 is 2.18 bits per heavy atom. The van der Waals surface area contributed by atoms with E-state index in [-0.39, 0.29) is 11.2 Å². The Morgan fingerprint density at radius 1 is 1.45 bits per heavy atom. The first-order valence-corrected chi connectivity index (χ1v) is 8.05. The van der Waals surface area contributed by atoms with E-state index in [4.69, 9.17) is 5.84 Å². The first kappa shape index (κ1) is 14.9. The quantitative estimate of drug-likeness (QED) is 0.616. The summed E-state index contributed by atoms with van der Waals surface area (Å²) in [5.41, 5.74) is 1.81. The topological polar surface area (TPSA) is 104 Å². The molecule has 0 radical (unpaired) electrons. The maximum Gasteiger partial charge on any atom is 0.271 e. The molecule has 1 fully saturated rings. The van der Waals surface area contributed by atoms with Crippen LogP contribution < -0.4 is 11.2 Å². The molecule has 2 heterocycles. The highest BCUT2D eigenvalue weighted by Gasteiger charge is 2.27. The van der Waals surface area contributed by atoms with Gasteiger partial charge in [-0.2, -0.15) is 5.10 Å². The van der Waals surface area contributed by atoms with Gasteiger partial charge in [-0.1, -0.05) is 11.8 Å². The number of nitrogen functional groups attached to an aromatic ring is 1. The molecule has 0 unspecified atom stereocenters. The van der Waals surface area contributed by atoms with Crippen LogP contribution in [0.4, 0.5) is 0 Å². The molecule has 1 atom stereocenters. The maximum atomic E-state index is 12.0. The van der Waals surface area contributed by atoms with E-state index in [1.54, 1.807) is 4.68 Å². The van der Waals surface area contributed by atoms with Gasteiger partial charge in [-0.05, 0) is 39.7 Å². The summed E-state index contributed by atoms with van der Waals surface area (Å²) in [6.45, 7) is 5.66. The molecule has 0 aliphatic heterocycles. The van der Waals surface area contributed by atoms with Crippen LogP contribution >= 0.6 is 11.8 Å². The second-order valence-electron chi connectivity index (χ2n) is 5.53. The molecule has 0 spiro atoms. The summed E-state index contributed by atoms with van der Waals surface area (Å²) in [6.07, 6.45) is 2.14. The maximum absolute atomic E-state index is 12.0. The average molecular weight is 321 g/mol. The largest absolute Gasteiger partial charge is 0.352 e. The van der Waals surface area contributed by atoms with E-state index in [1.807, 2.05) is 26.8 Å². The van der Waals surface area contributed by atoms with Gasteiger partial charge in [-0.3, -0.25) is 4.79 Å². The summed E-state index contributed by atoms with van der Waals surface area (Å²) >= 11 is 1.29. The number of hydrogen-bond acceptors (Lipinski definition) is 6. The van der Waals surface area contributed by atoms with Crippen LogP contribution in [0.5, 0.6) is 0 Å². The molecule has 3 N–H and O–H groups in total. The van der Waals surface area contributed by atoms with Crippen LogP contribution in [0.3, 0.4) is 0 Å². The lowest BCUT2D eigenvalue weighted by molar-refractivity contribution is -0.120. The lowest BCUT2D eigenvalue weighted by atomic mass is 10.4. The molecule has 2 aromatic rings. The Balaban J connectivity index is 1.75. The Labute approximate surface area is 132 Å². The highest BCUT2D eigenvalue weighted by Crippen LogP contribution is 2.24. The number of hydrogen-bond donors (Lipinski definition) is 2. The van der Waals surface area contributed by atoms with E-state index in [0.717, 1.165) is 24.2 Å². The third-order valence-electron chi connectivity index (χ3n) is 3.42. The van der Waals surface area contributed by atoms with Gasteiger partial charge in [0.2, 0.25) is 11.1 Å². The van der Waals surface area contributed by atoms with Crippen LogP contribution in [0, 0.1) is 13.8 Å². The zero-order valence-electron chi connectivity index (χ0n) is 12.8. The molecule has 1 aliphatic carbocycles. The molecular weight excluding hydrogens is 302 g/mol. The van der Waals surface area contributed by atoms with Gasteiger partial charge in [-0.25, -0.2) is 9.36 Å². The fraction of sp³-hybridized carbons (Fsp3) is 0.538. The number of thioether (sulfide) groups is 1. The molecule has 8 nitrogen and oxygen atoms in total. The van der Waals surface area contributed by atoms with Crippen molar-refractivity contribution in [3.05, 3.63) is 17.5 Å². The van der Waals surface area contributed by atoms with Crippen molar-refractivity contribution in [2.24, 2.45) is 0 Å². The first-order valence-electron chi connectivity index (χ1n) is 7.17. The van der Waals surface area contributed by atoms with Gasteiger partial charge in [-0.15, -0.1) is 10.2 Å². The summed E-state index contributed by atoms with van der Waals surface area (Å²) in [7, 11) is 0. The van der Waals surface area contributed by atoms with E-state index < -0.39 is 0 Å². The number of carbonyl (C=O) groups is 1. The number of nitrogens with one attached hydrogen (secondary N) is 1. The number of nitrogens with two attached hydrogens (primary N) is 1. The fourth-order valence-electron chi connectivity index (χ4n) is 2.08. The van der Waals surface area contributed by atoms with Gasteiger partial charge >= 0.3 is 0 Å². The van der Waals surface area contributed by atoms with Crippen molar-refractivity contribution >= 4 is 17.7 Å². The summed E-state index contributed by atoms with van der Waals surface area (Å²) in [5, 5.41) is 15.7. The van der Waals surface area contributed by atoms with Crippen LogP contribution in [-0.4, -0.2) is 41.9 Å². The van der Waals surface area contributed by atoms with Gasteiger partial charge in [0.1, 0.15) is 0 Å². The van der Waals surface area contributed by atoms with Crippen molar-refractivity contribution in [1.29, 1.82) is 0 Å². The van der Waals surface area contributed by atoms with Crippen LogP contribution in [-0.2, 0) is 4.79 Å². The Kier molecular flexibility index (Phi) is 3.81. The molecule has 0 aromatic carbocycles. The van der Waals surface area contributed by atoms with Crippen LogP contribution in [0.25, 0.3) is 5.95 Å². The van der Waals surface area contributed by atoms with Crippen molar-refractivity contribution in [3.63, 3.8) is 0 Å². The molecule has 1 saturated carbocycles. The predicted molar refractivity (Wildman–Crippen MR) is 83.3 cm³/mol. The molecule has 1 aliphatic rings. The molecular formula is C13H19N7OS. The number of aromatic nitrogens is 5. The van der Waals surface area contributed by atoms with Crippen molar-refractivity contribution < 1.29 is 4.79 Å². The smallest absolute Gasteiger partial charge is 0.271 e. The van der Waals surface area contributed by atoms with E-state index in [9.17, 15) is 4.79 Å². The molecule has 1 amide bonds. The second kappa shape index (κ2) is 5.64. The number of nitrogens with zero attached hydrogens (tertiary/aromatic N) is 5. The number of carbonyl (C=O) groups excluding carboxylic acids is 1. The van der Waals surface area contributed by atoms with Crippen LogP contribution in [0.2, 0.25) is 0 Å². The van der Waals surface area contributed by atoms with E-state index >= 15 is 0 Å². The minimum atomic E-state index is -0.277. The lowest BCUT2D eigenvalue weighted by Crippen LogP contribution is -2.32. The van der Waals surface area contributed by atoms with Gasteiger partial charge in [0.05, 0.1) is 10.9 Å². The Hall–Kier alpha value is -2.03. The minimum absolute atomic E-state index is 0.00293. The zero-order chi connectivity index (χ0) is 15.9. The summed E-state index contributed by atoms with van der Waals surface area (Å²) < 4.78 is 3.01. The number of rotatable bonds is 5. The molecule has 3 rings (SSSR count). The molecule has 118 valence electrons. The van der Waals surface area contributed by atoms with Gasteiger partial charge in [0, 0.05) is 11.7 Å². The van der Waals surface area contributed by atoms with Gasteiger partial charge in [0.15, 0.2) is 0 Å². The normalized spacial score (nSPS) is 15.8. The second-order valence-corrected chi connectivity index (χ2v) is 6.84. The third-order valence-corrected chi connectivity index (χ3v) is 4.48. The van der Waals surface area contributed by atoms with Crippen molar-refractivity contribution in [1.82, 2.24) is 30.0 Å². The molecule has 0 bridgehead atoms. The molecule has 9 heteroatoms. The molecule has 2 aromatic heterocycles. The Bertz CT molecular complexity index is 703. The van der Waals surface area contributed by atoms with E-state index in [1.165, 1.54) is 16.4 Å².